The number of hydrogen-bond donors (Lipinski definition) is 1. The SMILES string of the molecule is C=C1C=CN=C1N=C(C)N. The van der Waals surface area contributed by atoms with Gasteiger partial charge in [0.25, 0.3) is 0 Å². The summed E-state index contributed by atoms with van der Waals surface area (Å²) in [6, 6.07) is 0. The van der Waals surface area contributed by atoms with E-state index in [0.717, 1.165) is 5.57 Å². The summed E-state index contributed by atoms with van der Waals surface area (Å²) in [6.07, 6.45) is 3.45. The quantitative estimate of drug-likeness (QED) is 0.388. The number of hydrogen-bond acceptors (Lipinski definition) is 2. The molecule has 0 aromatic carbocycles. The molecular weight excluding hydrogens is 126 g/mol. The Kier molecular flexibility index (Phi) is 1.67. The first kappa shape index (κ1) is 6.74. The lowest BCUT2D eigenvalue weighted by Gasteiger charge is -1.92. The lowest BCUT2D eigenvalue weighted by atomic mass is 10.3. The molecule has 1 rings (SSSR count). The van der Waals surface area contributed by atoms with Crippen LogP contribution >= 0.6 is 0 Å². The zero-order valence-electron chi connectivity index (χ0n) is 5.83. The topological polar surface area (TPSA) is 50.7 Å². The molecule has 1 aliphatic heterocycles. The number of nitrogens with two attached hydrogens (primary N) is 1. The van der Waals surface area contributed by atoms with Gasteiger partial charge in [0.2, 0.25) is 0 Å². The normalized spacial score (nSPS) is 17.9. The molecule has 0 unspecified atom stereocenters. The van der Waals surface area contributed by atoms with Crippen LogP contribution in [0.2, 0.25) is 0 Å². The van der Waals surface area contributed by atoms with E-state index in [9.17, 15) is 0 Å². The van der Waals surface area contributed by atoms with Crippen molar-refractivity contribution in [3.8, 4) is 0 Å². The van der Waals surface area contributed by atoms with Crippen LogP contribution in [0, 0.1) is 0 Å². The Morgan fingerprint density at radius 2 is 2.50 bits per heavy atom. The molecular formula is C7H9N3. The summed E-state index contributed by atoms with van der Waals surface area (Å²) in [4.78, 5) is 7.87. The van der Waals surface area contributed by atoms with Crippen LogP contribution in [0.1, 0.15) is 6.92 Å². The molecule has 0 aliphatic carbocycles. The lowest BCUT2D eigenvalue weighted by Crippen LogP contribution is -2.08. The van der Waals surface area contributed by atoms with E-state index < -0.39 is 0 Å². The molecule has 0 bridgehead atoms. The molecule has 1 heterocycles. The third kappa shape index (κ3) is 1.31. The van der Waals surface area contributed by atoms with Gasteiger partial charge < -0.3 is 5.73 Å². The number of rotatable bonds is 0. The van der Waals surface area contributed by atoms with E-state index in [1.54, 1.807) is 19.2 Å². The highest BCUT2D eigenvalue weighted by atomic mass is 15.0. The molecule has 1 aliphatic rings. The highest BCUT2D eigenvalue weighted by Crippen LogP contribution is 2.06. The number of aliphatic imine (C=N–C) groups is 2. The first-order chi connectivity index (χ1) is 4.70. The summed E-state index contributed by atoms with van der Waals surface area (Å²) >= 11 is 0. The standard InChI is InChI=1S/C7H9N3/c1-5-3-4-9-7(5)10-6(2)8/h3-4H,1H2,2H3,(H2,8,9,10). The smallest absolute Gasteiger partial charge is 0.160 e. The van der Waals surface area contributed by atoms with Crippen molar-refractivity contribution in [2.75, 3.05) is 0 Å². The molecule has 0 spiro atoms. The van der Waals surface area contributed by atoms with E-state index in [1.165, 1.54) is 0 Å². The molecule has 0 saturated heterocycles. The third-order valence-corrected chi connectivity index (χ3v) is 1.04. The Morgan fingerprint density at radius 1 is 1.80 bits per heavy atom. The van der Waals surface area contributed by atoms with Crippen molar-refractivity contribution < 1.29 is 0 Å². The summed E-state index contributed by atoms with van der Waals surface area (Å²) in [6.45, 7) is 5.42. The van der Waals surface area contributed by atoms with Gasteiger partial charge in [-0.1, -0.05) is 6.58 Å². The summed E-state index contributed by atoms with van der Waals surface area (Å²) in [5.74, 6) is 1.11. The van der Waals surface area contributed by atoms with Gasteiger partial charge in [0.05, 0.1) is 5.84 Å². The van der Waals surface area contributed by atoms with Crippen molar-refractivity contribution in [3.05, 3.63) is 24.4 Å². The summed E-state index contributed by atoms with van der Waals surface area (Å²) in [5.41, 5.74) is 6.14. The van der Waals surface area contributed by atoms with Crippen LogP contribution in [-0.4, -0.2) is 11.7 Å². The Hall–Kier alpha value is -1.38. The Labute approximate surface area is 59.7 Å². The van der Waals surface area contributed by atoms with Crippen molar-refractivity contribution in [3.63, 3.8) is 0 Å². The Bertz CT molecular complexity index is 242. The van der Waals surface area contributed by atoms with Crippen LogP contribution < -0.4 is 5.73 Å². The van der Waals surface area contributed by atoms with Gasteiger partial charge in [-0.15, -0.1) is 0 Å². The fourth-order valence-corrected chi connectivity index (χ4v) is 0.623. The predicted octanol–water partition coefficient (Wildman–Crippen LogP) is 0.845. The molecule has 3 heteroatoms. The average molecular weight is 135 g/mol. The molecule has 0 aromatic heterocycles. The van der Waals surface area contributed by atoms with E-state index in [0.29, 0.717) is 11.7 Å². The first-order valence-corrected chi connectivity index (χ1v) is 2.94. The molecule has 0 saturated carbocycles. The van der Waals surface area contributed by atoms with Crippen LogP contribution in [0.15, 0.2) is 34.4 Å². The maximum Gasteiger partial charge on any atom is 0.160 e. The van der Waals surface area contributed by atoms with E-state index in [-0.39, 0.29) is 0 Å². The van der Waals surface area contributed by atoms with Gasteiger partial charge in [-0.05, 0) is 13.0 Å². The first-order valence-electron chi connectivity index (χ1n) is 2.94. The zero-order chi connectivity index (χ0) is 7.56. The van der Waals surface area contributed by atoms with Crippen molar-refractivity contribution in [2.24, 2.45) is 15.7 Å². The maximum atomic E-state index is 5.33. The van der Waals surface area contributed by atoms with Gasteiger partial charge in [-0.25, -0.2) is 9.98 Å². The van der Waals surface area contributed by atoms with Crippen LogP contribution in [0.25, 0.3) is 0 Å². The minimum absolute atomic E-state index is 0.503. The van der Waals surface area contributed by atoms with Gasteiger partial charge in [0.15, 0.2) is 5.84 Å². The maximum absolute atomic E-state index is 5.33. The highest BCUT2D eigenvalue weighted by molar-refractivity contribution is 6.08. The van der Waals surface area contributed by atoms with Gasteiger partial charge in [-0.3, -0.25) is 0 Å². The van der Waals surface area contributed by atoms with Gasteiger partial charge in [0, 0.05) is 11.8 Å². The Morgan fingerprint density at radius 3 is 2.90 bits per heavy atom. The lowest BCUT2D eigenvalue weighted by molar-refractivity contribution is 1.49. The fourth-order valence-electron chi connectivity index (χ4n) is 0.623. The number of nitrogens with zero attached hydrogens (tertiary/aromatic N) is 2. The molecule has 0 atom stereocenters. The average Bonchev–Trinajstić information content (AvgIpc) is 2.15. The summed E-state index contributed by atoms with van der Waals surface area (Å²) in [7, 11) is 0. The van der Waals surface area contributed by atoms with Crippen molar-refractivity contribution in [2.45, 2.75) is 6.92 Å². The van der Waals surface area contributed by atoms with Crippen LogP contribution in [0.3, 0.4) is 0 Å². The predicted molar refractivity (Wildman–Crippen MR) is 43.0 cm³/mol. The number of amidine groups is 2. The minimum atomic E-state index is 0.503. The molecule has 2 N–H and O–H groups in total. The second kappa shape index (κ2) is 2.47. The molecule has 3 nitrogen and oxygen atoms in total. The molecule has 0 aromatic rings. The van der Waals surface area contributed by atoms with Gasteiger partial charge in [0.1, 0.15) is 0 Å². The molecule has 10 heavy (non-hydrogen) atoms. The molecule has 52 valence electrons. The van der Waals surface area contributed by atoms with E-state index in [2.05, 4.69) is 16.6 Å². The zero-order valence-corrected chi connectivity index (χ0v) is 5.83. The van der Waals surface area contributed by atoms with E-state index in [4.69, 9.17) is 5.73 Å². The van der Waals surface area contributed by atoms with E-state index in [1.807, 2.05) is 0 Å². The van der Waals surface area contributed by atoms with Crippen LogP contribution in [-0.2, 0) is 0 Å². The largest absolute Gasteiger partial charge is 0.387 e. The van der Waals surface area contributed by atoms with Gasteiger partial charge in [-0.2, -0.15) is 0 Å². The van der Waals surface area contributed by atoms with Crippen molar-refractivity contribution >= 4 is 11.7 Å². The van der Waals surface area contributed by atoms with Gasteiger partial charge >= 0.3 is 0 Å². The summed E-state index contributed by atoms with van der Waals surface area (Å²) < 4.78 is 0. The highest BCUT2D eigenvalue weighted by Gasteiger charge is 2.02. The fraction of sp³-hybridized carbons (Fsp3) is 0.143. The van der Waals surface area contributed by atoms with Crippen molar-refractivity contribution in [1.82, 2.24) is 0 Å². The molecule has 0 radical (unpaired) electrons. The molecule has 0 amide bonds. The van der Waals surface area contributed by atoms with Crippen molar-refractivity contribution in [1.29, 1.82) is 0 Å². The van der Waals surface area contributed by atoms with Crippen LogP contribution in [0.5, 0.6) is 0 Å². The minimum Gasteiger partial charge on any atom is -0.387 e. The second-order valence-electron chi connectivity index (χ2n) is 2.05. The third-order valence-electron chi connectivity index (χ3n) is 1.04. The van der Waals surface area contributed by atoms with Crippen LogP contribution in [0.4, 0.5) is 0 Å². The Balaban J connectivity index is 2.79. The second-order valence-corrected chi connectivity index (χ2v) is 2.05. The molecule has 0 fully saturated rings. The summed E-state index contributed by atoms with van der Waals surface area (Å²) in [5, 5.41) is 0. The van der Waals surface area contributed by atoms with E-state index >= 15 is 0 Å². The monoisotopic (exact) mass is 135 g/mol.